The van der Waals surface area contributed by atoms with Gasteiger partial charge in [-0.15, -0.1) is 0 Å². The summed E-state index contributed by atoms with van der Waals surface area (Å²) < 4.78 is 27.2. The molecule has 0 saturated heterocycles. The Morgan fingerprint density at radius 2 is 1.86 bits per heavy atom. The zero-order valence-electron chi connectivity index (χ0n) is 12.3. The van der Waals surface area contributed by atoms with Crippen molar-refractivity contribution in [2.45, 2.75) is 19.5 Å². The number of halogens is 2. The van der Waals surface area contributed by atoms with E-state index < -0.39 is 0 Å². The van der Waals surface area contributed by atoms with Crippen molar-refractivity contribution in [3.8, 4) is 0 Å². The fourth-order valence-electron chi connectivity index (χ4n) is 2.52. The van der Waals surface area contributed by atoms with E-state index in [-0.39, 0.29) is 17.7 Å². The van der Waals surface area contributed by atoms with E-state index >= 15 is 0 Å². The molecule has 0 saturated carbocycles. The van der Waals surface area contributed by atoms with E-state index in [1.807, 2.05) is 18.9 Å². The Labute approximate surface area is 124 Å². The van der Waals surface area contributed by atoms with Crippen molar-refractivity contribution in [3.05, 3.63) is 70.8 Å². The summed E-state index contributed by atoms with van der Waals surface area (Å²) in [6, 6.07) is 11.2. The van der Waals surface area contributed by atoms with Gasteiger partial charge in [0.25, 0.3) is 0 Å². The molecule has 2 N–H and O–H groups in total. The fourth-order valence-corrected chi connectivity index (χ4v) is 2.52. The van der Waals surface area contributed by atoms with Gasteiger partial charge in [-0.2, -0.15) is 0 Å². The van der Waals surface area contributed by atoms with Gasteiger partial charge in [-0.1, -0.05) is 24.3 Å². The molecule has 0 aliphatic rings. The first-order valence-electron chi connectivity index (χ1n) is 6.92. The van der Waals surface area contributed by atoms with Gasteiger partial charge in [0.1, 0.15) is 11.6 Å². The lowest BCUT2D eigenvalue weighted by molar-refractivity contribution is 0.237. The van der Waals surface area contributed by atoms with Crippen molar-refractivity contribution in [2.75, 3.05) is 13.6 Å². The third-order valence-electron chi connectivity index (χ3n) is 3.73. The van der Waals surface area contributed by atoms with Gasteiger partial charge in [0.05, 0.1) is 0 Å². The minimum absolute atomic E-state index is 0.152. The summed E-state index contributed by atoms with van der Waals surface area (Å²) in [5, 5.41) is 0. The molecule has 0 aliphatic carbocycles. The molecule has 0 spiro atoms. The van der Waals surface area contributed by atoms with Crippen molar-refractivity contribution in [2.24, 2.45) is 5.73 Å². The number of hydrogen-bond donors (Lipinski definition) is 1. The van der Waals surface area contributed by atoms with Gasteiger partial charge in [0, 0.05) is 24.7 Å². The van der Waals surface area contributed by atoms with Crippen molar-refractivity contribution < 1.29 is 8.78 Å². The third kappa shape index (κ3) is 3.65. The van der Waals surface area contributed by atoms with E-state index in [1.165, 1.54) is 18.2 Å². The van der Waals surface area contributed by atoms with Gasteiger partial charge in [-0.25, -0.2) is 8.78 Å². The van der Waals surface area contributed by atoms with E-state index in [0.29, 0.717) is 18.7 Å². The first-order valence-corrected chi connectivity index (χ1v) is 6.92. The van der Waals surface area contributed by atoms with Crippen LogP contribution in [-0.4, -0.2) is 18.5 Å². The SMILES string of the molecule is Cc1ccc(F)cc1C(CN)N(C)Cc1ccccc1F. The molecule has 112 valence electrons. The summed E-state index contributed by atoms with van der Waals surface area (Å²) >= 11 is 0. The van der Waals surface area contributed by atoms with Gasteiger partial charge < -0.3 is 5.73 Å². The minimum atomic E-state index is -0.284. The monoisotopic (exact) mass is 290 g/mol. The van der Waals surface area contributed by atoms with Crippen LogP contribution in [0.15, 0.2) is 42.5 Å². The van der Waals surface area contributed by atoms with Gasteiger partial charge in [0.2, 0.25) is 0 Å². The van der Waals surface area contributed by atoms with Crippen LogP contribution in [0.3, 0.4) is 0 Å². The number of nitrogens with two attached hydrogens (primary N) is 1. The molecule has 0 aromatic heterocycles. The summed E-state index contributed by atoms with van der Waals surface area (Å²) in [5.74, 6) is -0.524. The second-order valence-electron chi connectivity index (χ2n) is 5.26. The molecule has 0 heterocycles. The van der Waals surface area contributed by atoms with Gasteiger partial charge in [-0.3, -0.25) is 4.90 Å². The molecular formula is C17H20F2N2. The summed E-state index contributed by atoms with van der Waals surface area (Å²) in [6.07, 6.45) is 0. The van der Waals surface area contributed by atoms with Crippen molar-refractivity contribution in [1.82, 2.24) is 4.90 Å². The van der Waals surface area contributed by atoms with Crippen molar-refractivity contribution in [1.29, 1.82) is 0 Å². The lowest BCUT2D eigenvalue weighted by Gasteiger charge is -2.28. The number of rotatable bonds is 5. The largest absolute Gasteiger partial charge is 0.329 e. The van der Waals surface area contributed by atoms with Crippen LogP contribution in [-0.2, 0) is 6.54 Å². The Morgan fingerprint density at radius 3 is 2.52 bits per heavy atom. The van der Waals surface area contributed by atoms with Crippen LogP contribution in [0.25, 0.3) is 0 Å². The normalized spacial score (nSPS) is 12.7. The summed E-state index contributed by atoms with van der Waals surface area (Å²) in [6.45, 7) is 2.69. The molecule has 0 amide bonds. The van der Waals surface area contributed by atoms with Gasteiger partial charge in [0.15, 0.2) is 0 Å². The van der Waals surface area contributed by atoms with Crippen LogP contribution in [0.2, 0.25) is 0 Å². The van der Waals surface area contributed by atoms with E-state index in [0.717, 1.165) is 11.1 Å². The van der Waals surface area contributed by atoms with Crippen LogP contribution >= 0.6 is 0 Å². The maximum atomic E-state index is 13.7. The smallest absolute Gasteiger partial charge is 0.127 e. The lowest BCUT2D eigenvalue weighted by atomic mass is 9.99. The lowest BCUT2D eigenvalue weighted by Crippen LogP contribution is -2.31. The average molecular weight is 290 g/mol. The molecular weight excluding hydrogens is 270 g/mol. The van der Waals surface area contributed by atoms with Gasteiger partial charge >= 0.3 is 0 Å². The van der Waals surface area contributed by atoms with Crippen LogP contribution in [0.4, 0.5) is 8.78 Å². The molecule has 4 heteroatoms. The Hall–Kier alpha value is -1.78. The second-order valence-corrected chi connectivity index (χ2v) is 5.26. The molecule has 0 aliphatic heterocycles. The Morgan fingerprint density at radius 1 is 1.14 bits per heavy atom. The molecule has 1 atom stereocenters. The topological polar surface area (TPSA) is 29.3 Å². The fraction of sp³-hybridized carbons (Fsp3) is 0.294. The summed E-state index contributed by atoms with van der Waals surface area (Å²) in [7, 11) is 1.87. The first kappa shape index (κ1) is 15.6. The molecule has 0 radical (unpaired) electrons. The highest BCUT2D eigenvalue weighted by Gasteiger charge is 2.19. The Kier molecular flexibility index (Phi) is 5.04. The predicted octanol–water partition coefficient (Wildman–Crippen LogP) is 3.41. The molecule has 1 unspecified atom stereocenters. The first-order chi connectivity index (χ1) is 10.0. The highest BCUT2D eigenvalue weighted by Crippen LogP contribution is 2.24. The summed E-state index contributed by atoms with van der Waals surface area (Å²) in [5.41, 5.74) is 8.29. The Balaban J connectivity index is 2.25. The molecule has 2 aromatic carbocycles. The predicted molar refractivity (Wildman–Crippen MR) is 80.8 cm³/mol. The highest BCUT2D eigenvalue weighted by atomic mass is 19.1. The standard InChI is InChI=1S/C17H20F2N2/c1-12-7-8-14(18)9-15(12)17(10-20)21(2)11-13-5-3-4-6-16(13)19/h3-9,17H,10-11,20H2,1-2H3. The zero-order chi connectivity index (χ0) is 15.4. The van der Waals surface area contributed by atoms with Crippen molar-refractivity contribution >= 4 is 0 Å². The molecule has 2 nitrogen and oxygen atoms in total. The third-order valence-corrected chi connectivity index (χ3v) is 3.73. The number of aryl methyl sites for hydroxylation is 1. The number of benzene rings is 2. The van der Waals surface area contributed by atoms with Gasteiger partial charge in [-0.05, 0) is 43.3 Å². The van der Waals surface area contributed by atoms with E-state index in [4.69, 9.17) is 5.73 Å². The van der Waals surface area contributed by atoms with E-state index in [2.05, 4.69) is 0 Å². The number of likely N-dealkylation sites (N-methyl/N-ethyl adjacent to an activating group) is 1. The molecule has 0 fully saturated rings. The van der Waals surface area contributed by atoms with E-state index in [1.54, 1.807) is 24.3 Å². The van der Waals surface area contributed by atoms with E-state index in [9.17, 15) is 8.78 Å². The zero-order valence-corrected chi connectivity index (χ0v) is 12.3. The molecule has 2 rings (SSSR count). The van der Waals surface area contributed by atoms with Crippen LogP contribution < -0.4 is 5.73 Å². The molecule has 0 bridgehead atoms. The minimum Gasteiger partial charge on any atom is -0.329 e. The molecule has 2 aromatic rings. The van der Waals surface area contributed by atoms with Crippen molar-refractivity contribution in [3.63, 3.8) is 0 Å². The molecule has 21 heavy (non-hydrogen) atoms. The summed E-state index contributed by atoms with van der Waals surface area (Å²) in [4.78, 5) is 1.94. The van der Waals surface area contributed by atoms with Crippen LogP contribution in [0.5, 0.6) is 0 Å². The highest BCUT2D eigenvalue weighted by molar-refractivity contribution is 5.30. The number of hydrogen-bond acceptors (Lipinski definition) is 2. The Bertz CT molecular complexity index is 613. The maximum absolute atomic E-state index is 13.7. The van der Waals surface area contributed by atoms with Crippen LogP contribution in [0, 0.1) is 18.6 Å². The second kappa shape index (κ2) is 6.78. The van der Waals surface area contributed by atoms with Crippen LogP contribution in [0.1, 0.15) is 22.7 Å². The maximum Gasteiger partial charge on any atom is 0.127 e. The quantitative estimate of drug-likeness (QED) is 0.914. The number of nitrogens with zero attached hydrogens (tertiary/aromatic N) is 1. The average Bonchev–Trinajstić information content (AvgIpc) is 2.46.